The quantitative estimate of drug-likeness (QED) is 0.718. The second-order valence-corrected chi connectivity index (χ2v) is 5.33. The molecular weight excluding hydrogens is 248 g/mol. The fourth-order valence-electron chi connectivity index (χ4n) is 3.02. The monoisotopic (exact) mass is 262 g/mol. The Kier molecular flexibility index (Phi) is 2.49. The van der Waals surface area contributed by atoms with Crippen molar-refractivity contribution in [1.82, 2.24) is 0 Å². The second kappa shape index (κ2) is 4.34. The first kappa shape index (κ1) is 11.5. The highest BCUT2D eigenvalue weighted by Crippen LogP contribution is 2.40. The van der Waals surface area contributed by atoms with E-state index in [0.29, 0.717) is 0 Å². The van der Waals surface area contributed by atoms with Gasteiger partial charge in [0.2, 0.25) is 0 Å². The summed E-state index contributed by atoms with van der Waals surface area (Å²) in [6, 6.07) is 12.5. The van der Waals surface area contributed by atoms with E-state index in [0.717, 1.165) is 59.2 Å². The van der Waals surface area contributed by atoms with E-state index in [2.05, 4.69) is 30.3 Å². The Balaban J connectivity index is 1.94. The van der Waals surface area contributed by atoms with Crippen LogP contribution in [0.5, 0.6) is 5.75 Å². The van der Waals surface area contributed by atoms with Gasteiger partial charge in [0.1, 0.15) is 17.8 Å². The van der Waals surface area contributed by atoms with Crippen molar-refractivity contribution in [3.63, 3.8) is 0 Å². The summed E-state index contributed by atoms with van der Waals surface area (Å²) in [5.74, 6) is 1.64. The molecule has 0 N–H and O–H groups in total. The van der Waals surface area contributed by atoms with Gasteiger partial charge < -0.3 is 4.74 Å². The zero-order valence-electron chi connectivity index (χ0n) is 11.1. The zero-order valence-corrected chi connectivity index (χ0v) is 11.1. The number of rotatable bonds is 1. The molecule has 0 spiro atoms. The summed E-state index contributed by atoms with van der Waals surface area (Å²) >= 11 is 0. The zero-order chi connectivity index (χ0) is 13.5. The lowest BCUT2D eigenvalue weighted by Gasteiger charge is -2.26. The fourth-order valence-corrected chi connectivity index (χ4v) is 3.02. The van der Waals surface area contributed by atoms with E-state index in [9.17, 15) is 4.79 Å². The van der Waals surface area contributed by atoms with Crippen molar-refractivity contribution in [2.45, 2.75) is 19.3 Å². The van der Waals surface area contributed by atoms with E-state index < -0.39 is 0 Å². The van der Waals surface area contributed by atoms with Crippen LogP contribution in [-0.4, -0.2) is 6.29 Å². The Morgan fingerprint density at radius 1 is 1.05 bits per heavy atom. The number of fused-ring (bicyclic) bond motifs is 3. The molecule has 1 aliphatic heterocycles. The van der Waals surface area contributed by atoms with Gasteiger partial charge in [-0.3, -0.25) is 4.79 Å². The first-order valence-corrected chi connectivity index (χ1v) is 6.95. The molecular formula is C18H14O2. The fraction of sp³-hybridized carbons (Fsp3) is 0.167. The van der Waals surface area contributed by atoms with Crippen LogP contribution >= 0.6 is 0 Å². The van der Waals surface area contributed by atoms with Gasteiger partial charge in [0.15, 0.2) is 0 Å². The van der Waals surface area contributed by atoms with E-state index in [1.54, 1.807) is 0 Å². The van der Waals surface area contributed by atoms with Crippen LogP contribution in [0.25, 0.3) is 16.8 Å². The van der Waals surface area contributed by atoms with Gasteiger partial charge in [-0.2, -0.15) is 0 Å². The molecule has 1 heterocycles. The molecule has 2 aromatic carbocycles. The van der Waals surface area contributed by atoms with Gasteiger partial charge in [-0.25, -0.2) is 0 Å². The van der Waals surface area contributed by atoms with Gasteiger partial charge >= 0.3 is 0 Å². The van der Waals surface area contributed by atoms with Crippen LogP contribution in [0, 0.1) is 0 Å². The first-order valence-electron chi connectivity index (χ1n) is 6.95. The normalized spacial score (nSPS) is 17.1. The maximum atomic E-state index is 11.2. The summed E-state index contributed by atoms with van der Waals surface area (Å²) in [5.41, 5.74) is 3.05. The standard InChI is InChI=1S/C18H14O2/c19-11-15-7-3-6-14-9-16-8-12-4-1-2-5-13(12)10-17(16)20-18(14)15/h1-2,4-5,8-11H,3,6-7H2. The van der Waals surface area contributed by atoms with Gasteiger partial charge in [-0.05, 0) is 53.8 Å². The first-order chi connectivity index (χ1) is 9.85. The van der Waals surface area contributed by atoms with Crippen molar-refractivity contribution in [1.29, 1.82) is 0 Å². The smallest absolute Gasteiger partial charge is 0.149 e. The molecule has 0 bridgehead atoms. The average molecular weight is 262 g/mol. The molecule has 2 heteroatoms. The molecule has 4 rings (SSSR count). The summed E-state index contributed by atoms with van der Waals surface area (Å²) in [6.07, 6.45) is 5.94. The summed E-state index contributed by atoms with van der Waals surface area (Å²) in [6.45, 7) is 0. The number of allylic oxidation sites excluding steroid dienone is 2. The second-order valence-electron chi connectivity index (χ2n) is 5.33. The third-order valence-electron chi connectivity index (χ3n) is 4.04. The van der Waals surface area contributed by atoms with Crippen LogP contribution in [0.3, 0.4) is 0 Å². The predicted molar refractivity (Wildman–Crippen MR) is 79.5 cm³/mol. The van der Waals surface area contributed by atoms with Crippen molar-refractivity contribution in [2.75, 3.05) is 0 Å². The highest BCUT2D eigenvalue weighted by atomic mass is 16.5. The average Bonchev–Trinajstić information content (AvgIpc) is 2.50. The van der Waals surface area contributed by atoms with Crippen molar-refractivity contribution in [3.05, 3.63) is 58.9 Å². The number of benzene rings is 2. The maximum Gasteiger partial charge on any atom is 0.149 e. The van der Waals surface area contributed by atoms with Crippen LogP contribution in [0.2, 0.25) is 0 Å². The van der Waals surface area contributed by atoms with Gasteiger partial charge in [-0.1, -0.05) is 24.3 Å². The summed E-state index contributed by atoms with van der Waals surface area (Å²) in [7, 11) is 0. The Hall–Kier alpha value is -2.35. The largest absolute Gasteiger partial charge is 0.456 e. The number of carbonyl (C=O) groups excluding carboxylic acids is 1. The van der Waals surface area contributed by atoms with E-state index in [1.165, 1.54) is 5.39 Å². The van der Waals surface area contributed by atoms with Crippen molar-refractivity contribution in [3.8, 4) is 5.75 Å². The van der Waals surface area contributed by atoms with Crippen molar-refractivity contribution >= 4 is 23.1 Å². The van der Waals surface area contributed by atoms with Gasteiger partial charge in [0.25, 0.3) is 0 Å². The molecule has 20 heavy (non-hydrogen) atoms. The molecule has 0 aromatic heterocycles. The molecule has 0 radical (unpaired) electrons. The lowest BCUT2D eigenvalue weighted by Crippen LogP contribution is -2.13. The van der Waals surface area contributed by atoms with Crippen LogP contribution in [-0.2, 0) is 4.79 Å². The number of ether oxygens (including phenoxy) is 1. The molecule has 0 amide bonds. The lowest BCUT2D eigenvalue weighted by atomic mass is 9.90. The molecule has 0 fully saturated rings. The molecule has 0 unspecified atom stereocenters. The third-order valence-corrected chi connectivity index (χ3v) is 4.04. The number of hydrogen-bond acceptors (Lipinski definition) is 2. The lowest BCUT2D eigenvalue weighted by molar-refractivity contribution is -0.105. The van der Waals surface area contributed by atoms with E-state index in [4.69, 9.17) is 4.74 Å². The van der Waals surface area contributed by atoms with E-state index in [-0.39, 0.29) is 0 Å². The van der Waals surface area contributed by atoms with Crippen molar-refractivity contribution in [2.24, 2.45) is 0 Å². The molecule has 2 aromatic rings. The molecule has 0 saturated heterocycles. The maximum absolute atomic E-state index is 11.2. The molecule has 1 aliphatic carbocycles. The number of aldehydes is 1. The van der Waals surface area contributed by atoms with Crippen molar-refractivity contribution < 1.29 is 9.53 Å². The summed E-state index contributed by atoms with van der Waals surface area (Å²) in [4.78, 5) is 11.2. The number of carbonyl (C=O) groups is 1. The molecule has 2 nitrogen and oxygen atoms in total. The minimum atomic E-state index is 0.786. The van der Waals surface area contributed by atoms with Gasteiger partial charge in [0.05, 0.1) is 0 Å². The van der Waals surface area contributed by atoms with Gasteiger partial charge in [-0.15, -0.1) is 0 Å². The Morgan fingerprint density at radius 3 is 2.65 bits per heavy atom. The van der Waals surface area contributed by atoms with Crippen LogP contribution < -0.4 is 4.74 Å². The summed E-state index contributed by atoms with van der Waals surface area (Å²) in [5, 5.41) is 2.37. The third kappa shape index (κ3) is 1.68. The van der Waals surface area contributed by atoms with Crippen LogP contribution in [0.4, 0.5) is 0 Å². The topological polar surface area (TPSA) is 26.3 Å². The van der Waals surface area contributed by atoms with Crippen LogP contribution in [0.15, 0.2) is 53.3 Å². The Morgan fingerprint density at radius 2 is 1.85 bits per heavy atom. The Bertz CT molecular complexity index is 781. The molecule has 2 aliphatic rings. The highest BCUT2D eigenvalue weighted by Gasteiger charge is 2.24. The van der Waals surface area contributed by atoms with E-state index >= 15 is 0 Å². The van der Waals surface area contributed by atoms with Gasteiger partial charge in [0, 0.05) is 11.1 Å². The Labute approximate surface area is 117 Å². The molecule has 98 valence electrons. The summed E-state index contributed by atoms with van der Waals surface area (Å²) < 4.78 is 6.03. The minimum absolute atomic E-state index is 0.786. The minimum Gasteiger partial charge on any atom is -0.456 e. The molecule has 0 atom stereocenters. The van der Waals surface area contributed by atoms with E-state index in [1.807, 2.05) is 12.1 Å². The number of hydrogen-bond donors (Lipinski definition) is 0. The predicted octanol–water partition coefficient (Wildman–Crippen LogP) is 4.25. The SMILES string of the molecule is O=CC1=C2Oc3cc4ccccc4cc3C=C2CCC1. The molecule has 0 saturated carbocycles. The highest BCUT2D eigenvalue weighted by molar-refractivity contribution is 5.89. The van der Waals surface area contributed by atoms with Crippen LogP contribution in [0.1, 0.15) is 24.8 Å².